The Balaban J connectivity index is 2.12. The number of carbonyl (C=O) groups is 1. The topological polar surface area (TPSA) is 104 Å². The van der Waals surface area contributed by atoms with Gasteiger partial charge < -0.3 is 4.90 Å². The van der Waals surface area contributed by atoms with Gasteiger partial charge in [0.2, 0.25) is 26.0 Å². The Morgan fingerprint density at radius 2 is 1.54 bits per heavy atom. The van der Waals surface area contributed by atoms with Gasteiger partial charge in [-0.1, -0.05) is 32.0 Å². The number of rotatable bonds is 6. The van der Waals surface area contributed by atoms with E-state index in [0.29, 0.717) is 0 Å². The highest BCUT2D eigenvalue weighted by Gasteiger charge is 2.34. The second-order valence-corrected chi connectivity index (χ2v) is 10.3. The maximum Gasteiger partial charge on any atom is 0.241 e. The van der Waals surface area contributed by atoms with Crippen LogP contribution in [0.3, 0.4) is 0 Å². The van der Waals surface area contributed by atoms with Crippen molar-refractivity contribution in [3.8, 4) is 0 Å². The van der Waals surface area contributed by atoms with Crippen molar-refractivity contribution in [3.05, 3.63) is 30.3 Å². The summed E-state index contributed by atoms with van der Waals surface area (Å²) in [6.07, 6.45) is 1.13. The minimum Gasteiger partial charge on any atom is -0.339 e. The Labute approximate surface area is 155 Å². The van der Waals surface area contributed by atoms with E-state index in [1.54, 1.807) is 32.0 Å². The van der Waals surface area contributed by atoms with Gasteiger partial charge in [0.15, 0.2) is 0 Å². The lowest BCUT2D eigenvalue weighted by Gasteiger charge is -2.36. The summed E-state index contributed by atoms with van der Waals surface area (Å²) in [5.41, 5.74) is 0. The fourth-order valence-electron chi connectivity index (χ4n) is 2.74. The van der Waals surface area contributed by atoms with E-state index in [-0.39, 0.29) is 42.9 Å². The van der Waals surface area contributed by atoms with E-state index in [4.69, 9.17) is 0 Å². The van der Waals surface area contributed by atoms with Gasteiger partial charge in [-0.25, -0.2) is 16.8 Å². The van der Waals surface area contributed by atoms with Crippen molar-refractivity contribution in [2.24, 2.45) is 5.92 Å². The average molecular weight is 404 g/mol. The summed E-state index contributed by atoms with van der Waals surface area (Å²) in [6.45, 7) is 4.43. The van der Waals surface area contributed by atoms with Crippen LogP contribution in [0.1, 0.15) is 13.8 Å². The number of carbonyl (C=O) groups excluding carboxylic acids is 1. The lowest BCUT2D eigenvalue weighted by molar-refractivity contribution is -0.135. The first kappa shape index (κ1) is 20.8. The fraction of sp³-hybridized carbons (Fsp3) is 0.562. The molecule has 1 unspecified atom stereocenters. The maximum absolute atomic E-state index is 12.8. The van der Waals surface area contributed by atoms with Crippen LogP contribution in [0.2, 0.25) is 0 Å². The summed E-state index contributed by atoms with van der Waals surface area (Å²) in [4.78, 5) is 14.4. The molecule has 1 amide bonds. The molecule has 1 aromatic carbocycles. The first-order chi connectivity index (χ1) is 12.0. The molecule has 1 fully saturated rings. The van der Waals surface area contributed by atoms with Crippen LogP contribution in [0.15, 0.2) is 35.2 Å². The molecule has 0 radical (unpaired) electrons. The minimum atomic E-state index is -3.83. The van der Waals surface area contributed by atoms with Crippen LogP contribution in [0.25, 0.3) is 0 Å². The number of nitrogens with one attached hydrogen (secondary N) is 1. The summed E-state index contributed by atoms with van der Waals surface area (Å²) in [5.74, 6) is -0.596. The molecule has 146 valence electrons. The predicted molar refractivity (Wildman–Crippen MR) is 98.4 cm³/mol. The summed E-state index contributed by atoms with van der Waals surface area (Å²) < 4.78 is 52.1. The van der Waals surface area contributed by atoms with Crippen LogP contribution >= 0.6 is 0 Å². The highest BCUT2D eigenvalue weighted by atomic mass is 32.2. The molecule has 10 heteroatoms. The van der Waals surface area contributed by atoms with Crippen molar-refractivity contribution in [2.45, 2.75) is 24.8 Å². The molecule has 0 bridgehead atoms. The highest BCUT2D eigenvalue weighted by molar-refractivity contribution is 7.89. The van der Waals surface area contributed by atoms with Gasteiger partial charge in [0.25, 0.3) is 0 Å². The Morgan fingerprint density at radius 1 is 1.00 bits per heavy atom. The molecule has 1 N–H and O–H groups in total. The zero-order valence-electron chi connectivity index (χ0n) is 15.1. The van der Waals surface area contributed by atoms with E-state index in [0.717, 1.165) is 6.26 Å². The second-order valence-electron chi connectivity index (χ2n) is 6.64. The molecule has 0 saturated carbocycles. The van der Waals surface area contributed by atoms with Gasteiger partial charge in [-0.05, 0) is 18.1 Å². The molecular formula is C16H25N3O5S2. The first-order valence-electron chi connectivity index (χ1n) is 8.33. The highest BCUT2D eigenvalue weighted by Crippen LogP contribution is 2.15. The molecule has 1 atom stereocenters. The molecule has 2 rings (SSSR count). The lowest BCUT2D eigenvalue weighted by atomic mass is 10.0. The van der Waals surface area contributed by atoms with E-state index < -0.39 is 26.1 Å². The molecule has 0 aliphatic carbocycles. The van der Waals surface area contributed by atoms with Crippen LogP contribution in [-0.4, -0.2) is 70.4 Å². The number of sulfonamides is 2. The summed E-state index contributed by atoms with van der Waals surface area (Å²) >= 11 is 0. The van der Waals surface area contributed by atoms with Crippen LogP contribution < -0.4 is 4.72 Å². The average Bonchev–Trinajstić information content (AvgIpc) is 2.59. The number of hydrogen-bond acceptors (Lipinski definition) is 5. The molecule has 1 aliphatic heterocycles. The van der Waals surface area contributed by atoms with Crippen molar-refractivity contribution in [1.29, 1.82) is 0 Å². The van der Waals surface area contributed by atoms with Gasteiger partial charge in [0.1, 0.15) is 6.04 Å². The van der Waals surface area contributed by atoms with Gasteiger partial charge >= 0.3 is 0 Å². The van der Waals surface area contributed by atoms with Gasteiger partial charge in [-0.2, -0.15) is 9.03 Å². The minimum absolute atomic E-state index is 0.0975. The van der Waals surface area contributed by atoms with E-state index in [2.05, 4.69) is 4.72 Å². The zero-order chi connectivity index (χ0) is 19.5. The first-order valence-corrected chi connectivity index (χ1v) is 11.7. The van der Waals surface area contributed by atoms with Crippen LogP contribution in [-0.2, 0) is 24.8 Å². The van der Waals surface area contributed by atoms with Crippen molar-refractivity contribution < 1.29 is 21.6 Å². The van der Waals surface area contributed by atoms with Crippen molar-refractivity contribution in [3.63, 3.8) is 0 Å². The molecule has 1 heterocycles. The smallest absolute Gasteiger partial charge is 0.241 e. The van der Waals surface area contributed by atoms with E-state index >= 15 is 0 Å². The largest absolute Gasteiger partial charge is 0.339 e. The third kappa shape index (κ3) is 5.03. The molecule has 8 nitrogen and oxygen atoms in total. The lowest BCUT2D eigenvalue weighted by Crippen LogP contribution is -2.56. The molecule has 0 aromatic heterocycles. The Bertz CT molecular complexity index is 830. The normalized spacial score (nSPS) is 18.1. The Hall–Kier alpha value is -1.49. The van der Waals surface area contributed by atoms with E-state index in [1.165, 1.54) is 21.3 Å². The molecule has 1 saturated heterocycles. The number of piperazine rings is 1. The van der Waals surface area contributed by atoms with Crippen molar-refractivity contribution >= 4 is 26.0 Å². The van der Waals surface area contributed by atoms with E-state index in [1.807, 2.05) is 0 Å². The van der Waals surface area contributed by atoms with Crippen LogP contribution in [0, 0.1) is 5.92 Å². The SMILES string of the molecule is CC(C)C(NS(=O)(=O)c1ccccc1)C(=O)N1CCN(S(C)(=O)=O)CC1. The van der Waals surface area contributed by atoms with E-state index in [9.17, 15) is 21.6 Å². The maximum atomic E-state index is 12.8. The number of benzene rings is 1. The van der Waals surface area contributed by atoms with Gasteiger partial charge in [-0.15, -0.1) is 0 Å². The third-order valence-electron chi connectivity index (χ3n) is 4.29. The molecular weight excluding hydrogens is 378 g/mol. The standard InChI is InChI=1S/C16H25N3O5S2/c1-13(2)15(17-26(23,24)14-7-5-4-6-8-14)16(20)18-9-11-19(12-10-18)25(3,21)22/h4-8,13,15,17H,9-12H2,1-3H3. The zero-order valence-corrected chi connectivity index (χ0v) is 16.8. The molecule has 1 aromatic rings. The summed E-state index contributed by atoms with van der Waals surface area (Å²) in [7, 11) is -7.12. The van der Waals surface area contributed by atoms with Crippen molar-refractivity contribution in [1.82, 2.24) is 13.9 Å². The number of hydrogen-bond donors (Lipinski definition) is 1. The number of amides is 1. The quantitative estimate of drug-likeness (QED) is 0.725. The van der Waals surface area contributed by atoms with Crippen molar-refractivity contribution in [2.75, 3.05) is 32.4 Å². The monoisotopic (exact) mass is 403 g/mol. The van der Waals surface area contributed by atoms with Gasteiger partial charge in [0.05, 0.1) is 11.2 Å². The second kappa shape index (κ2) is 8.03. The molecule has 1 aliphatic rings. The van der Waals surface area contributed by atoms with Gasteiger partial charge in [0, 0.05) is 26.2 Å². The fourth-order valence-corrected chi connectivity index (χ4v) is 4.93. The van der Waals surface area contributed by atoms with Crippen LogP contribution in [0.5, 0.6) is 0 Å². The van der Waals surface area contributed by atoms with Gasteiger partial charge in [-0.3, -0.25) is 4.79 Å². The summed E-state index contributed by atoms with van der Waals surface area (Å²) in [5, 5.41) is 0. The summed E-state index contributed by atoms with van der Waals surface area (Å²) in [6, 6.07) is 6.97. The van der Waals surface area contributed by atoms with Crippen LogP contribution in [0.4, 0.5) is 0 Å². The molecule has 0 spiro atoms. The Kier molecular flexibility index (Phi) is 6.43. The Morgan fingerprint density at radius 3 is 2.00 bits per heavy atom. The third-order valence-corrected chi connectivity index (χ3v) is 7.05. The predicted octanol–water partition coefficient (Wildman–Crippen LogP) is 0.0933. The molecule has 26 heavy (non-hydrogen) atoms. The number of nitrogens with zero attached hydrogens (tertiary/aromatic N) is 2.